The van der Waals surface area contributed by atoms with Gasteiger partial charge in [-0.1, -0.05) is 30.3 Å². The summed E-state index contributed by atoms with van der Waals surface area (Å²) in [5.74, 6) is 0. The van der Waals surface area contributed by atoms with Gasteiger partial charge in [0.25, 0.3) is 0 Å². The normalized spacial score (nSPS) is 10.8. The fraction of sp³-hybridized carbons (Fsp3) is 0. The van der Waals surface area contributed by atoms with E-state index in [1.165, 1.54) is 11.3 Å². The number of rotatable bonds is 2. The lowest BCUT2D eigenvalue weighted by molar-refractivity contribution is 0.111. The largest absolute Gasteiger partial charge is 0.296 e. The third-order valence-corrected chi connectivity index (χ3v) is 3.30. The second-order valence-electron chi connectivity index (χ2n) is 3.41. The van der Waals surface area contributed by atoms with Gasteiger partial charge in [0.1, 0.15) is 5.69 Å². The molecule has 2 heterocycles. The second kappa shape index (κ2) is 3.57. The summed E-state index contributed by atoms with van der Waals surface area (Å²) in [6.07, 6.45) is 2.43. The molecule has 0 aliphatic carbocycles. The van der Waals surface area contributed by atoms with E-state index in [1.54, 1.807) is 6.20 Å². The highest BCUT2D eigenvalue weighted by Crippen LogP contribution is 2.26. The molecule has 4 heteroatoms. The van der Waals surface area contributed by atoms with Gasteiger partial charge in [-0.2, -0.15) is 0 Å². The molecular weight excluding hydrogens is 220 g/mol. The van der Waals surface area contributed by atoms with Crippen LogP contribution in [0, 0.1) is 0 Å². The number of hydrogen-bond donors (Lipinski definition) is 0. The van der Waals surface area contributed by atoms with Crippen molar-refractivity contribution in [3.8, 4) is 11.3 Å². The predicted octanol–water partition coefficient (Wildman–Crippen LogP) is 2.88. The van der Waals surface area contributed by atoms with Crippen LogP contribution in [0.25, 0.3) is 16.2 Å². The maximum Gasteiger partial charge on any atom is 0.194 e. The van der Waals surface area contributed by atoms with Crippen LogP contribution in [0.1, 0.15) is 10.5 Å². The van der Waals surface area contributed by atoms with Crippen molar-refractivity contribution in [3.63, 3.8) is 0 Å². The molecule has 1 aromatic carbocycles. The lowest BCUT2D eigenvalue weighted by atomic mass is 10.2. The second-order valence-corrected chi connectivity index (χ2v) is 4.24. The van der Waals surface area contributed by atoms with Crippen LogP contribution in [0.2, 0.25) is 0 Å². The van der Waals surface area contributed by atoms with Gasteiger partial charge in [0.2, 0.25) is 0 Å². The van der Waals surface area contributed by atoms with Gasteiger partial charge in [-0.05, 0) is 5.56 Å². The molecule has 0 unspecified atom stereocenters. The van der Waals surface area contributed by atoms with E-state index in [1.807, 2.05) is 40.1 Å². The fourth-order valence-corrected chi connectivity index (χ4v) is 2.60. The molecule has 3 rings (SSSR count). The molecule has 0 saturated heterocycles. The fourth-order valence-electron chi connectivity index (χ4n) is 1.72. The number of hydrogen-bond acceptors (Lipinski definition) is 3. The lowest BCUT2D eigenvalue weighted by Gasteiger charge is -1.99. The van der Waals surface area contributed by atoms with Crippen molar-refractivity contribution in [2.45, 2.75) is 0 Å². The minimum atomic E-state index is 0.593. The maximum absolute atomic E-state index is 10.9. The van der Waals surface area contributed by atoms with Crippen molar-refractivity contribution >= 4 is 22.6 Å². The molecule has 0 radical (unpaired) electrons. The molecule has 0 aliphatic rings. The van der Waals surface area contributed by atoms with Gasteiger partial charge in [-0.25, -0.2) is 4.98 Å². The zero-order valence-electron chi connectivity index (χ0n) is 8.33. The number of fused-ring (bicyclic) bond motifs is 1. The summed E-state index contributed by atoms with van der Waals surface area (Å²) in [5, 5.41) is 2.02. The van der Waals surface area contributed by atoms with Crippen molar-refractivity contribution in [1.29, 1.82) is 0 Å². The van der Waals surface area contributed by atoms with Crippen molar-refractivity contribution in [3.05, 3.63) is 47.6 Å². The maximum atomic E-state index is 10.9. The Morgan fingerprint density at radius 1 is 1.25 bits per heavy atom. The van der Waals surface area contributed by atoms with Gasteiger partial charge in [-0.3, -0.25) is 9.20 Å². The number of carbonyl (C=O) groups excluding carboxylic acids is 1. The van der Waals surface area contributed by atoms with Gasteiger partial charge in [0, 0.05) is 5.38 Å². The Hall–Kier alpha value is -1.94. The summed E-state index contributed by atoms with van der Waals surface area (Å²) >= 11 is 1.54. The molecule has 0 spiro atoms. The molecule has 0 N–H and O–H groups in total. The number of nitrogens with zero attached hydrogens (tertiary/aromatic N) is 2. The first-order valence-electron chi connectivity index (χ1n) is 4.85. The monoisotopic (exact) mass is 228 g/mol. The van der Waals surface area contributed by atoms with Crippen LogP contribution < -0.4 is 0 Å². The zero-order valence-corrected chi connectivity index (χ0v) is 9.15. The third-order valence-electron chi connectivity index (χ3n) is 2.46. The first-order valence-corrected chi connectivity index (χ1v) is 5.73. The van der Waals surface area contributed by atoms with Crippen molar-refractivity contribution in [2.24, 2.45) is 0 Å². The lowest BCUT2D eigenvalue weighted by Crippen LogP contribution is -1.90. The van der Waals surface area contributed by atoms with E-state index in [4.69, 9.17) is 0 Å². The van der Waals surface area contributed by atoms with E-state index in [-0.39, 0.29) is 0 Å². The first-order chi connectivity index (χ1) is 7.90. The number of imidazole rings is 1. The predicted molar refractivity (Wildman–Crippen MR) is 63.9 cm³/mol. The van der Waals surface area contributed by atoms with E-state index in [2.05, 4.69) is 4.98 Å². The molecule has 0 bridgehead atoms. The highest BCUT2D eigenvalue weighted by Gasteiger charge is 2.10. The van der Waals surface area contributed by atoms with Crippen LogP contribution >= 0.6 is 11.3 Å². The van der Waals surface area contributed by atoms with E-state index < -0.39 is 0 Å². The molecule has 0 fully saturated rings. The van der Waals surface area contributed by atoms with Crippen molar-refractivity contribution in [1.82, 2.24) is 9.38 Å². The molecular formula is C12H8N2OS. The highest BCUT2D eigenvalue weighted by molar-refractivity contribution is 7.15. The highest BCUT2D eigenvalue weighted by atomic mass is 32.1. The summed E-state index contributed by atoms with van der Waals surface area (Å²) in [6.45, 7) is 0. The molecule has 0 saturated carbocycles. The Labute approximate surface area is 96.0 Å². The molecule has 78 valence electrons. The molecule has 16 heavy (non-hydrogen) atoms. The van der Waals surface area contributed by atoms with Gasteiger partial charge < -0.3 is 0 Å². The van der Waals surface area contributed by atoms with E-state index in [9.17, 15) is 4.79 Å². The van der Waals surface area contributed by atoms with Crippen LogP contribution in [0.5, 0.6) is 0 Å². The van der Waals surface area contributed by atoms with E-state index >= 15 is 0 Å². The molecule has 2 aromatic heterocycles. The summed E-state index contributed by atoms with van der Waals surface area (Å²) in [4.78, 5) is 15.9. The Kier molecular flexibility index (Phi) is 2.08. The Bertz CT molecular complexity index is 639. The number of benzene rings is 1. The Balaban J connectivity index is 2.31. The summed E-state index contributed by atoms with van der Waals surface area (Å²) < 4.78 is 1.88. The topological polar surface area (TPSA) is 34.4 Å². The van der Waals surface area contributed by atoms with E-state index in [0.29, 0.717) is 5.69 Å². The van der Waals surface area contributed by atoms with Gasteiger partial charge in [-0.15, -0.1) is 11.3 Å². The zero-order chi connectivity index (χ0) is 11.0. The van der Waals surface area contributed by atoms with E-state index in [0.717, 1.165) is 22.5 Å². The minimum Gasteiger partial charge on any atom is -0.296 e. The van der Waals surface area contributed by atoms with Crippen LogP contribution in [-0.4, -0.2) is 15.7 Å². The Morgan fingerprint density at radius 2 is 2.06 bits per heavy atom. The van der Waals surface area contributed by atoms with Crippen LogP contribution in [0.3, 0.4) is 0 Å². The number of aldehydes is 1. The minimum absolute atomic E-state index is 0.593. The average Bonchev–Trinajstić information content (AvgIpc) is 2.90. The smallest absolute Gasteiger partial charge is 0.194 e. The van der Waals surface area contributed by atoms with Crippen LogP contribution in [0.4, 0.5) is 0 Å². The molecule has 3 aromatic rings. The molecule has 0 atom stereocenters. The van der Waals surface area contributed by atoms with Gasteiger partial charge in [0.15, 0.2) is 11.2 Å². The standard InChI is InChI=1S/C12H8N2OS/c15-7-10-6-13-12-14(10)11(8-16-12)9-4-2-1-3-5-9/h1-8H. The SMILES string of the molecule is O=Cc1cnc2scc(-c3ccccc3)n12. The number of thiazole rings is 1. The van der Waals surface area contributed by atoms with Crippen molar-refractivity contribution < 1.29 is 4.79 Å². The van der Waals surface area contributed by atoms with Crippen molar-refractivity contribution in [2.75, 3.05) is 0 Å². The summed E-state index contributed by atoms with van der Waals surface area (Å²) in [7, 11) is 0. The van der Waals surface area contributed by atoms with Crippen LogP contribution in [-0.2, 0) is 0 Å². The van der Waals surface area contributed by atoms with Gasteiger partial charge in [0.05, 0.1) is 11.9 Å². The van der Waals surface area contributed by atoms with Gasteiger partial charge >= 0.3 is 0 Å². The third kappa shape index (κ3) is 1.27. The summed E-state index contributed by atoms with van der Waals surface area (Å²) in [6, 6.07) is 9.99. The average molecular weight is 228 g/mol. The number of carbonyl (C=O) groups is 1. The number of aromatic nitrogens is 2. The first kappa shape index (κ1) is 9.30. The Morgan fingerprint density at radius 3 is 2.81 bits per heavy atom. The molecule has 0 amide bonds. The van der Waals surface area contributed by atoms with Crippen LogP contribution in [0.15, 0.2) is 41.9 Å². The molecule has 0 aliphatic heterocycles. The summed E-state index contributed by atoms with van der Waals surface area (Å²) in [5.41, 5.74) is 2.70. The quantitative estimate of drug-likeness (QED) is 0.632. The molecule has 3 nitrogen and oxygen atoms in total.